The van der Waals surface area contributed by atoms with Gasteiger partial charge in [-0.25, -0.2) is 5.53 Å². The molecule has 1 fully saturated rings. The molecule has 2 rings (SSSR count). The van der Waals surface area contributed by atoms with Crippen molar-refractivity contribution >= 4 is 29.2 Å². The van der Waals surface area contributed by atoms with E-state index >= 15 is 0 Å². The van der Waals surface area contributed by atoms with Crippen molar-refractivity contribution in [2.45, 2.75) is 52.0 Å². The molecule has 1 unspecified atom stereocenters. The van der Waals surface area contributed by atoms with Crippen molar-refractivity contribution in [3.8, 4) is 0 Å². The van der Waals surface area contributed by atoms with Crippen molar-refractivity contribution in [3.63, 3.8) is 0 Å². The lowest BCUT2D eigenvalue weighted by Gasteiger charge is -2.14. The molecule has 1 saturated carbocycles. The minimum Gasteiger partial charge on any atom is -0.481 e. The zero-order valence-electron chi connectivity index (χ0n) is 16.7. The highest BCUT2D eigenvalue weighted by Crippen LogP contribution is 2.21. The molecule has 6 N–H and O–H groups in total. The third-order valence-corrected chi connectivity index (χ3v) is 4.74. The van der Waals surface area contributed by atoms with Gasteiger partial charge in [-0.15, -0.1) is 5.11 Å². The van der Waals surface area contributed by atoms with Crippen LogP contribution >= 0.6 is 0 Å². The van der Waals surface area contributed by atoms with E-state index in [0.717, 1.165) is 24.9 Å². The third kappa shape index (κ3) is 7.11. The molecule has 0 aliphatic heterocycles. The van der Waals surface area contributed by atoms with E-state index < -0.39 is 5.97 Å². The van der Waals surface area contributed by atoms with E-state index in [1.807, 2.05) is 19.2 Å². The minimum atomic E-state index is -1.02. The first kappa shape index (κ1) is 22.2. The van der Waals surface area contributed by atoms with E-state index in [9.17, 15) is 14.4 Å². The molecule has 1 atom stereocenters. The number of carboxylic acid groups (broad SMARTS) is 1. The maximum Gasteiger partial charge on any atom is 0.303 e. The number of carbonyl (C=O) groups excluding carboxylic acids is 2. The molecule has 29 heavy (non-hydrogen) atoms. The molecule has 9 heteroatoms. The van der Waals surface area contributed by atoms with Crippen LogP contribution in [-0.2, 0) is 14.4 Å². The Balaban J connectivity index is 2.11. The Hall–Kier alpha value is -3.07. The summed E-state index contributed by atoms with van der Waals surface area (Å²) in [6.07, 6.45) is 2.40. The standard InChI is InChI=1S/C20H27N5O4/c1-3-12(2)18(19(25-21)20(29)24-15-8-9-15)23-14-6-4-13(5-7-14)22-16(26)10-11-17(27)28/h4-7,12,15,21,23H,3,8-11H2,1-2H3,(H,22,26)(H,24,29)(H,27,28)/p+1. The molecule has 1 aromatic rings. The van der Waals surface area contributed by atoms with Crippen LogP contribution in [-0.4, -0.2) is 28.9 Å². The first-order valence-electron chi connectivity index (χ1n) is 9.73. The number of nitrogens with zero attached hydrogens (tertiary/aromatic N) is 1. The van der Waals surface area contributed by atoms with Gasteiger partial charge in [0, 0.05) is 36.2 Å². The Labute approximate surface area is 169 Å². The van der Waals surface area contributed by atoms with Crippen LogP contribution in [0.3, 0.4) is 0 Å². The predicted molar refractivity (Wildman–Crippen MR) is 106 cm³/mol. The summed E-state index contributed by atoms with van der Waals surface area (Å²) in [6.45, 7) is 3.99. The van der Waals surface area contributed by atoms with Crippen LogP contribution in [0.1, 0.15) is 46.0 Å². The first-order chi connectivity index (χ1) is 13.8. The number of carbonyl (C=O) groups is 3. The maximum absolute atomic E-state index is 12.5. The summed E-state index contributed by atoms with van der Waals surface area (Å²) < 4.78 is 0. The summed E-state index contributed by atoms with van der Waals surface area (Å²) in [5.74, 6) is -1.66. The van der Waals surface area contributed by atoms with Gasteiger partial charge in [-0.05, 0) is 31.4 Å². The Morgan fingerprint density at radius 3 is 2.41 bits per heavy atom. The number of hydrogen-bond donors (Lipinski definition) is 5. The van der Waals surface area contributed by atoms with Crippen molar-refractivity contribution in [2.75, 3.05) is 5.32 Å². The molecular weight excluding hydrogens is 374 g/mol. The summed E-state index contributed by atoms with van der Waals surface area (Å²) in [7, 11) is 0. The number of anilines is 1. The zero-order chi connectivity index (χ0) is 21.4. The van der Waals surface area contributed by atoms with Crippen LogP contribution in [0.25, 0.3) is 0 Å². The fraction of sp³-hybridized carbons (Fsp3) is 0.450. The number of nitrogens with one attached hydrogen (secondary N) is 3. The Kier molecular flexibility index (Phi) is 8.02. The van der Waals surface area contributed by atoms with Crippen molar-refractivity contribution in [2.24, 2.45) is 11.0 Å². The third-order valence-electron chi connectivity index (χ3n) is 4.74. The number of rotatable bonds is 11. The number of aliphatic carboxylic acids is 1. The lowest BCUT2D eigenvalue weighted by atomic mass is 10.0. The number of allylic oxidation sites excluding steroid dienone is 1. The van der Waals surface area contributed by atoms with Crippen LogP contribution in [0.4, 0.5) is 11.4 Å². The van der Waals surface area contributed by atoms with E-state index in [-0.39, 0.29) is 42.3 Å². The number of quaternary nitrogens is 1. The molecular formula is C20H28N5O4+. The first-order valence-corrected chi connectivity index (χ1v) is 9.73. The summed E-state index contributed by atoms with van der Waals surface area (Å²) >= 11 is 0. The molecule has 0 heterocycles. The largest absolute Gasteiger partial charge is 0.481 e. The Bertz CT molecular complexity index is 800. The molecule has 1 aromatic carbocycles. The highest BCUT2D eigenvalue weighted by atomic mass is 16.4. The predicted octanol–water partition coefficient (Wildman–Crippen LogP) is 2.25. The molecule has 0 bridgehead atoms. The topological polar surface area (TPSA) is 148 Å². The lowest BCUT2D eigenvalue weighted by Crippen LogP contribution is -2.77. The fourth-order valence-electron chi connectivity index (χ4n) is 2.68. The zero-order valence-corrected chi connectivity index (χ0v) is 16.7. The normalized spacial score (nSPS) is 15.1. The van der Waals surface area contributed by atoms with Gasteiger partial charge in [0.2, 0.25) is 11.6 Å². The van der Waals surface area contributed by atoms with Gasteiger partial charge in [0.25, 0.3) is 5.91 Å². The van der Waals surface area contributed by atoms with Crippen molar-refractivity contribution in [1.29, 1.82) is 5.53 Å². The van der Waals surface area contributed by atoms with Gasteiger partial charge >= 0.3 is 5.97 Å². The minimum absolute atomic E-state index is 0.0412. The maximum atomic E-state index is 12.5. The summed E-state index contributed by atoms with van der Waals surface area (Å²) in [5.41, 5.74) is 9.68. The van der Waals surface area contributed by atoms with Gasteiger partial charge in [-0.3, -0.25) is 19.7 Å². The summed E-state index contributed by atoms with van der Waals surface area (Å²) in [4.78, 5) is 34.7. The highest BCUT2D eigenvalue weighted by Gasteiger charge is 2.29. The van der Waals surface area contributed by atoms with E-state index in [4.69, 9.17) is 10.6 Å². The van der Waals surface area contributed by atoms with Gasteiger partial charge in [-0.1, -0.05) is 13.8 Å². The van der Waals surface area contributed by atoms with Gasteiger partial charge in [0.1, 0.15) is 11.4 Å². The second-order valence-electron chi connectivity index (χ2n) is 7.18. The van der Waals surface area contributed by atoms with Gasteiger partial charge in [0.05, 0.1) is 6.42 Å². The van der Waals surface area contributed by atoms with E-state index in [1.54, 1.807) is 24.3 Å². The summed E-state index contributed by atoms with van der Waals surface area (Å²) in [5, 5.41) is 19.5. The SMILES string of the molecule is CCC(C)C([NH2+]c1ccc(NC(=O)CCC(=O)O)cc1)=C(N=N)C(=O)NC1CC1. The average Bonchev–Trinajstić information content (AvgIpc) is 3.50. The smallest absolute Gasteiger partial charge is 0.303 e. The van der Waals surface area contributed by atoms with Gasteiger partial charge in [-0.2, -0.15) is 0 Å². The molecule has 9 nitrogen and oxygen atoms in total. The number of nitrogens with two attached hydrogens (primary N) is 1. The molecule has 1 aliphatic rings. The molecule has 0 radical (unpaired) electrons. The number of benzene rings is 1. The second-order valence-corrected chi connectivity index (χ2v) is 7.18. The molecule has 0 aromatic heterocycles. The van der Waals surface area contributed by atoms with E-state index in [2.05, 4.69) is 15.7 Å². The Morgan fingerprint density at radius 2 is 1.90 bits per heavy atom. The van der Waals surface area contributed by atoms with E-state index in [1.165, 1.54) is 0 Å². The van der Waals surface area contributed by atoms with Crippen LogP contribution in [0.15, 0.2) is 40.8 Å². The number of carboxylic acids is 1. The number of amides is 2. The molecule has 1 aliphatic carbocycles. The van der Waals surface area contributed by atoms with Crippen LogP contribution < -0.4 is 16.0 Å². The second kappa shape index (κ2) is 10.5. The van der Waals surface area contributed by atoms with E-state index in [0.29, 0.717) is 11.4 Å². The van der Waals surface area contributed by atoms with Crippen molar-refractivity contribution in [3.05, 3.63) is 35.7 Å². The van der Waals surface area contributed by atoms with Gasteiger partial charge < -0.3 is 15.7 Å². The van der Waals surface area contributed by atoms with Gasteiger partial charge in [0.15, 0.2) is 0 Å². The lowest BCUT2D eigenvalue weighted by molar-refractivity contribution is -0.526. The Morgan fingerprint density at radius 1 is 1.24 bits per heavy atom. The summed E-state index contributed by atoms with van der Waals surface area (Å²) in [6, 6.07) is 7.17. The van der Waals surface area contributed by atoms with Crippen LogP contribution in [0.2, 0.25) is 0 Å². The van der Waals surface area contributed by atoms with Crippen molar-refractivity contribution < 1.29 is 24.8 Å². The van der Waals surface area contributed by atoms with Crippen LogP contribution in [0, 0.1) is 11.4 Å². The number of hydrogen-bond acceptors (Lipinski definition) is 5. The quantitative estimate of drug-likeness (QED) is 0.219. The fourth-order valence-corrected chi connectivity index (χ4v) is 2.68. The molecule has 156 valence electrons. The molecule has 0 spiro atoms. The average molecular weight is 402 g/mol. The molecule has 0 saturated heterocycles. The van der Waals surface area contributed by atoms with Crippen LogP contribution in [0.5, 0.6) is 0 Å². The monoisotopic (exact) mass is 402 g/mol. The van der Waals surface area contributed by atoms with Crippen molar-refractivity contribution in [1.82, 2.24) is 5.32 Å². The molecule has 2 amide bonds. The highest BCUT2D eigenvalue weighted by molar-refractivity contribution is 5.94.